The Kier molecular flexibility index (Phi) is 5.04. The van der Waals surface area contributed by atoms with Gasteiger partial charge in [0.25, 0.3) is 0 Å². The number of anilines is 1. The van der Waals surface area contributed by atoms with E-state index in [1.54, 1.807) is 12.1 Å². The van der Waals surface area contributed by atoms with Crippen LogP contribution in [0.25, 0.3) is 0 Å². The number of likely N-dealkylation sites (tertiary alicyclic amines) is 2. The quantitative estimate of drug-likeness (QED) is 0.856. The maximum atomic E-state index is 12.6. The predicted molar refractivity (Wildman–Crippen MR) is 107 cm³/mol. The Balaban J connectivity index is 1.47. The summed E-state index contributed by atoms with van der Waals surface area (Å²) >= 11 is 0. The third-order valence-electron chi connectivity index (χ3n) is 6.87. The van der Waals surface area contributed by atoms with E-state index < -0.39 is 5.97 Å². The summed E-state index contributed by atoms with van der Waals surface area (Å²) in [6.07, 6.45) is 4.62. The first-order valence-electron chi connectivity index (χ1n) is 10.3. The van der Waals surface area contributed by atoms with E-state index in [-0.39, 0.29) is 11.0 Å². The Hall–Kier alpha value is -2.15. The topological polar surface area (TPSA) is 77.0 Å². The summed E-state index contributed by atoms with van der Waals surface area (Å²) in [6, 6.07) is 3.76. The van der Waals surface area contributed by atoms with Crippen LogP contribution in [0.2, 0.25) is 0 Å². The molecule has 1 aromatic rings. The maximum Gasteiger partial charge on any atom is 0.339 e. The Labute approximate surface area is 166 Å². The predicted octanol–water partition coefficient (Wildman–Crippen LogP) is 2.00. The standard InChI is InChI=1S/C21H30N4O3/c1-15-3-4-17(20(27)28)19(22-15)24-11-8-21(9-12-24)7-5-18(26)25(14-21)16-6-10-23(2)13-16/h3-4,16H,5-14H2,1-2H3,(H,27,28)/t16-/m1/s1. The number of rotatable bonds is 3. The molecule has 4 heterocycles. The van der Waals surface area contributed by atoms with Gasteiger partial charge in [-0.25, -0.2) is 9.78 Å². The number of hydrogen-bond donors (Lipinski definition) is 1. The summed E-state index contributed by atoms with van der Waals surface area (Å²) in [4.78, 5) is 35.3. The number of nitrogens with zero attached hydrogens (tertiary/aromatic N) is 4. The smallest absolute Gasteiger partial charge is 0.339 e. The minimum Gasteiger partial charge on any atom is -0.478 e. The van der Waals surface area contributed by atoms with Crippen molar-refractivity contribution in [2.45, 2.75) is 45.1 Å². The van der Waals surface area contributed by atoms with Crippen molar-refractivity contribution in [3.63, 3.8) is 0 Å². The zero-order valence-corrected chi connectivity index (χ0v) is 16.9. The number of aromatic carboxylic acids is 1. The van der Waals surface area contributed by atoms with Crippen LogP contribution in [0.4, 0.5) is 5.82 Å². The van der Waals surface area contributed by atoms with Gasteiger partial charge in [-0.05, 0) is 63.7 Å². The molecule has 3 fully saturated rings. The average molecular weight is 386 g/mol. The Morgan fingerprint density at radius 1 is 1.21 bits per heavy atom. The van der Waals surface area contributed by atoms with Crippen molar-refractivity contribution in [2.24, 2.45) is 5.41 Å². The molecule has 0 bridgehead atoms. The van der Waals surface area contributed by atoms with Crippen molar-refractivity contribution in [3.8, 4) is 0 Å². The number of piperidine rings is 2. The lowest BCUT2D eigenvalue weighted by Crippen LogP contribution is -2.55. The van der Waals surface area contributed by atoms with Crippen molar-refractivity contribution >= 4 is 17.7 Å². The van der Waals surface area contributed by atoms with Gasteiger partial charge >= 0.3 is 5.97 Å². The average Bonchev–Trinajstić information content (AvgIpc) is 3.10. The number of carboxylic acid groups (broad SMARTS) is 1. The van der Waals surface area contributed by atoms with Crippen LogP contribution in [0.15, 0.2) is 12.1 Å². The molecule has 3 aliphatic rings. The number of aromatic nitrogens is 1. The maximum absolute atomic E-state index is 12.6. The number of hydrogen-bond acceptors (Lipinski definition) is 5. The molecular weight excluding hydrogens is 356 g/mol. The van der Waals surface area contributed by atoms with Crippen molar-refractivity contribution in [1.82, 2.24) is 14.8 Å². The number of amides is 1. The molecule has 0 saturated carbocycles. The van der Waals surface area contributed by atoms with Gasteiger partial charge in [0, 0.05) is 44.3 Å². The van der Waals surface area contributed by atoms with Crippen molar-refractivity contribution in [3.05, 3.63) is 23.4 Å². The van der Waals surface area contributed by atoms with Crippen LogP contribution in [0.1, 0.15) is 48.2 Å². The van der Waals surface area contributed by atoms with E-state index in [1.165, 1.54) is 0 Å². The summed E-state index contributed by atoms with van der Waals surface area (Å²) < 4.78 is 0. The van der Waals surface area contributed by atoms with Crippen LogP contribution in [0, 0.1) is 12.3 Å². The first kappa shape index (κ1) is 19.2. The summed E-state index contributed by atoms with van der Waals surface area (Å²) in [5, 5.41) is 9.52. The van der Waals surface area contributed by atoms with Crippen LogP contribution in [0.3, 0.4) is 0 Å². The molecule has 3 saturated heterocycles. The third-order valence-corrected chi connectivity index (χ3v) is 6.87. The van der Waals surface area contributed by atoms with Gasteiger partial charge in [0.2, 0.25) is 5.91 Å². The molecule has 1 N–H and O–H groups in total. The van der Waals surface area contributed by atoms with Gasteiger partial charge in [-0.2, -0.15) is 0 Å². The zero-order valence-electron chi connectivity index (χ0n) is 16.9. The number of pyridine rings is 1. The second-order valence-corrected chi connectivity index (χ2v) is 8.84. The molecule has 1 spiro atoms. The molecule has 7 nitrogen and oxygen atoms in total. The zero-order chi connectivity index (χ0) is 19.9. The Morgan fingerprint density at radius 3 is 2.61 bits per heavy atom. The number of carboxylic acids is 1. The highest BCUT2D eigenvalue weighted by Crippen LogP contribution is 2.42. The summed E-state index contributed by atoms with van der Waals surface area (Å²) in [5.41, 5.74) is 1.27. The molecule has 1 aromatic heterocycles. The van der Waals surface area contributed by atoms with Crippen LogP contribution in [0.5, 0.6) is 0 Å². The van der Waals surface area contributed by atoms with Gasteiger partial charge in [-0.15, -0.1) is 0 Å². The molecule has 152 valence electrons. The van der Waals surface area contributed by atoms with E-state index >= 15 is 0 Å². The molecule has 7 heteroatoms. The SMILES string of the molecule is Cc1ccc(C(=O)O)c(N2CCC3(CCC(=O)N([C@@H]4CCN(C)C4)C3)CC2)n1. The van der Waals surface area contributed by atoms with Crippen molar-refractivity contribution < 1.29 is 14.7 Å². The minimum absolute atomic E-state index is 0.165. The highest BCUT2D eigenvalue weighted by atomic mass is 16.4. The lowest BCUT2D eigenvalue weighted by Gasteiger charge is -2.49. The van der Waals surface area contributed by atoms with Crippen LogP contribution < -0.4 is 4.90 Å². The van der Waals surface area contributed by atoms with Gasteiger partial charge < -0.3 is 19.8 Å². The first-order chi connectivity index (χ1) is 13.4. The second-order valence-electron chi connectivity index (χ2n) is 8.84. The Bertz CT molecular complexity index is 773. The summed E-state index contributed by atoms with van der Waals surface area (Å²) in [5.74, 6) is -0.0343. The van der Waals surface area contributed by atoms with Crippen molar-refractivity contribution in [2.75, 3.05) is 44.7 Å². The van der Waals surface area contributed by atoms with Gasteiger partial charge in [0.1, 0.15) is 11.4 Å². The van der Waals surface area contributed by atoms with Gasteiger partial charge in [0.15, 0.2) is 0 Å². The molecule has 0 radical (unpaired) electrons. The fourth-order valence-electron chi connectivity index (χ4n) is 5.10. The molecular formula is C21H30N4O3. The van der Waals surface area contributed by atoms with Gasteiger partial charge in [0.05, 0.1) is 0 Å². The first-order valence-corrected chi connectivity index (χ1v) is 10.3. The molecule has 28 heavy (non-hydrogen) atoms. The highest BCUT2D eigenvalue weighted by Gasteiger charge is 2.44. The van der Waals surface area contributed by atoms with E-state index in [9.17, 15) is 14.7 Å². The number of carbonyl (C=O) groups is 2. The lowest BCUT2D eigenvalue weighted by atomic mass is 9.72. The van der Waals surface area contributed by atoms with Crippen LogP contribution in [-0.2, 0) is 4.79 Å². The number of aryl methyl sites for hydroxylation is 1. The third kappa shape index (κ3) is 3.60. The van der Waals surface area contributed by atoms with Crippen LogP contribution in [-0.4, -0.2) is 77.6 Å². The highest BCUT2D eigenvalue weighted by molar-refractivity contribution is 5.93. The number of carbonyl (C=O) groups excluding carboxylic acids is 1. The van der Waals surface area contributed by atoms with Crippen molar-refractivity contribution in [1.29, 1.82) is 0 Å². The normalized spacial score (nSPS) is 25.5. The van der Waals surface area contributed by atoms with Crippen LogP contribution >= 0.6 is 0 Å². The monoisotopic (exact) mass is 386 g/mol. The molecule has 0 aliphatic carbocycles. The second kappa shape index (κ2) is 7.35. The largest absolute Gasteiger partial charge is 0.478 e. The fraction of sp³-hybridized carbons (Fsp3) is 0.667. The van der Waals surface area contributed by atoms with E-state index in [0.29, 0.717) is 24.2 Å². The molecule has 4 rings (SSSR count). The summed E-state index contributed by atoms with van der Waals surface area (Å²) in [7, 11) is 2.12. The number of likely N-dealkylation sites (N-methyl/N-ethyl adjacent to an activating group) is 1. The molecule has 1 amide bonds. The van der Waals surface area contributed by atoms with E-state index in [4.69, 9.17) is 0 Å². The van der Waals surface area contributed by atoms with E-state index in [0.717, 1.165) is 64.1 Å². The Morgan fingerprint density at radius 2 is 1.96 bits per heavy atom. The van der Waals surface area contributed by atoms with E-state index in [1.807, 2.05) is 6.92 Å². The molecule has 0 aromatic carbocycles. The van der Waals surface area contributed by atoms with E-state index in [2.05, 4.69) is 26.7 Å². The van der Waals surface area contributed by atoms with Gasteiger partial charge in [-0.3, -0.25) is 4.79 Å². The van der Waals surface area contributed by atoms with Gasteiger partial charge in [-0.1, -0.05) is 0 Å². The lowest BCUT2D eigenvalue weighted by molar-refractivity contribution is -0.141. The summed E-state index contributed by atoms with van der Waals surface area (Å²) in [6.45, 7) is 6.37. The molecule has 0 unspecified atom stereocenters. The minimum atomic E-state index is -0.928. The molecule has 1 atom stereocenters. The fourth-order valence-corrected chi connectivity index (χ4v) is 5.10. The molecule has 3 aliphatic heterocycles.